The Labute approximate surface area is 164 Å². The van der Waals surface area contributed by atoms with E-state index in [1.54, 1.807) is 6.20 Å². The molecule has 0 aliphatic heterocycles. The molecule has 1 amide bonds. The highest BCUT2D eigenvalue weighted by molar-refractivity contribution is 5.94. The first-order valence-electron chi connectivity index (χ1n) is 9.32. The molecule has 5 nitrogen and oxygen atoms in total. The second-order valence-corrected chi connectivity index (χ2v) is 6.90. The largest absolute Gasteiger partial charge is 0.325 e. The molecule has 0 radical (unpaired) electrons. The van der Waals surface area contributed by atoms with E-state index in [2.05, 4.69) is 28.4 Å². The number of hydrogen-bond acceptors (Lipinski definition) is 3. The lowest BCUT2D eigenvalue weighted by Crippen LogP contribution is -2.18. The van der Waals surface area contributed by atoms with Gasteiger partial charge < -0.3 is 5.32 Å². The lowest BCUT2D eigenvalue weighted by atomic mass is 9.99. The number of nitrogens with zero attached hydrogens (tertiary/aromatic N) is 3. The van der Waals surface area contributed by atoms with Crippen LogP contribution in [0.2, 0.25) is 0 Å². The van der Waals surface area contributed by atoms with Crippen molar-refractivity contribution in [2.24, 2.45) is 0 Å². The molecule has 2 heterocycles. The van der Waals surface area contributed by atoms with Gasteiger partial charge in [0, 0.05) is 29.2 Å². The average Bonchev–Trinajstić information content (AvgIpc) is 3.20. The molecule has 4 aromatic rings. The van der Waals surface area contributed by atoms with Gasteiger partial charge in [0.05, 0.1) is 18.5 Å². The van der Waals surface area contributed by atoms with Crippen LogP contribution in [0.15, 0.2) is 67.0 Å². The van der Waals surface area contributed by atoms with E-state index in [4.69, 9.17) is 0 Å². The minimum atomic E-state index is -0.0452. The van der Waals surface area contributed by atoms with Crippen molar-refractivity contribution in [3.8, 4) is 0 Å². The molecule has 0 aliphatic carbocycles. The highest BCUT2D eigenvalue weighted by Crippen LogP contribution is 2.24. The maximum Gasteiger partial charge on any atom is 0.228 e. The summed E-state index contributed by atoms with van der Waals surface area (Å²) in [5, 5.41) is 8.41. The van der Waals surface area contributed by atoms with Gasteiger partial charge in [0.1, 0.15) is 0 Å². The number of hydrogen-bond donors (Lipinski definition) is 1. The van der Waals surface area contributed by atoms with Crippen LogP contribution in [0.5, 0.6) is 0 Å². The summed E-state index contributed by atoms with van der Waals surface area (Å²) in [7, 11) is 0. The van der Waals surface area contributed by atoms with Crippen molar-refractivity contribution in [2.45, 2.75) is 26.8 Å². The SMILES string of the molecule is Cc1nc2ccccc2c(C)c1CC(=O)Nc1ccccc1Cn1cccn1. The minimum absolute atomic E-state index is 0.0452. The van der Waals surface area contributed by atoms with E-state index in [-0.39, 0.29) is 5.91 Å². The highest BCUT2D eigenvalue weighted by Gasteiger charge is 2.14. The van der Waals surface area contributed by atoms with Crippen LogP contribution in [-0.2, 0) is 17.8 Å². The summed E-state index contributed by atoms with van der Waals surface area (Å²) in [6.45, 7) is 4.64. The van der Waals surface area contributed by atoms with Crippen molar-refractivity contribution < 1.29 is 4.79 Å². The smallest absolute Gasteiger partial charge is 0.228 e. The van der Waals surface area contributed by atoms with Gasteiger partial charge in [-0.25, -0.2) is 0 Å². The third kappa shape index (κ3) is 3.64. The van der Waals surface area contributed by atoms with E-state index >= 15 is 0 Å². The predicted molar refractivity (Wildman–Crippen MR) is 111 cm³/mol. The quantitative estimate of drug-likeness (QED) is 0.570. The zero-order valence-corrected chi connectivity index (χ0v) is 16.0. The Morgan fingerprint density at radius 1 is 1.04 bits per heavy atom. The molecule has 5 heteroatoms. The number of anilines is 1. The van der Waals surface area contributed by atoms with Gasteiger partial charge >= 0.3 is 0 Å². The molecule has 0 unspecified atom stereocenters. The molecular weight excluding hydrogens is 348 g/mol. The van der Waals surface area contributed by atoms with Crippen molar-refractivity contribution in [1.29, 1.82) is 0 Å². The second-order valence-electron chi connectivity index (χ2n) is 6.90. The Balaban J connectivity index is 1.57. The van der Waals surface area contributed by atoms with Gasteiger partial charge in [0.15, 0.2) is 0 Å². The maximum atomic E-state index is 12.8. The van der Waals surface area contributed by atoms with Crippen LogP contribution in [0.1, 0.15) is 22.4 Å². The molecule has 0 aliphatic rings. The van der Waals surface area contributed by atoms with Crippen LogP contribution in [0.4, 0.5) is 5.69 Å². The summed E-state index contributed by atoms with van der Waals surface area (Å²) in [4.78, 5) is 17.5. The molecule has 0 spiro atoms. The van der Waals surface area contributed by atoms with Crippen molar-refractivity contribution in [2.75, 3.05) is 5.32 Å². The first-order chi connectivity index (χ1) is 13.6. The number of pyridine rings is 1. The first kappa shape index (κ1) is 17.9. The van der Waals surface area contributed by atoms with E-state index < -0.39 is 0 Å². The number of nitrogens with one attached hydrogen (secondary N) is 1. The predicted octanol–water partition coefficient (Wildman–Crippen LogP) is 4.28. The normalized spacial score (nSPS) is 10.9. The monoisotopic (exact) mass is 370 g/mol. The van der Waals surface area contributed by atoms with Crippen molar-refractivity contribution in [3.05, 3.63) is 89.4 Å². The second kappa shape index (κ2) is 7.64. The van der Waals surface area contributed by atoms with Crippen LogP contribution in [0.25, 0.3) is 10.9 Å². The summed E-state index contributed by atoms with van der Waals surface area (Å²) in [5.41, 5.74) is 5.79. The number of aromatic nitrogens is 3. The third-order valence-corrected chi connectivity index (χ3v) is 5.01. The van der Waals surface area contributed by atoms with E-state index in [9.17, 15) is 4.79 Å². The Morgan fingerprint density at radius 3 is 2.64 bits per heavy atom. The number of rotatable bonds is 5. The standard InChI is InChI=1S/C23H22N4O/c1-16-19-9-4-6-11-22(19)25-17(2)20(16)14-23(28)26-21-10-5-3-8-18(21)15-27-13-7-12-24-27/h3-13H,14-15H2,1-2H3,(H,26,28). The number of aryl methyl sites for hydroxylation is 2. The van der Waals surface area contributed by atoms with Gasteiger partial charge in [0.25, 0.3) is 0 Å². The Morgan fingerprint density at radius 2 is 1.82 bits per heavy atom. The summed E-state index contributed by atoms with van der Waals surface area (Å²) in [6, 6.07) is 17.8. The van der Waals surface area contributed by atoms with Crippen molar-refractivity contribution >= 4 is 22.5 Å². The van der Waals surface area contributed by atoms with Gasteiger partial charge in [0.2, 0.25) is 5.91 Å². The molecular formula is C23H22N4O. The Hall–Kier alpha value is -3.47. The van der Waals surface area contributed by atoms with E-state index in [1.165, 1.54) is 0 Å². The molecule has 0 atom stereocenters. The Kier molecular flexibility index (Phi) is 4.89. The number of benzene rings is 2. The van der Waals surface area contributed by atoms with Gasteiger partial charge in [-0.1, -0.05) is 36.4 Å². The van der Waals surface area contributed by atoms with Crippen LogP contribution in [-0.4, -0.2) is 20.7 Å². The molecule has 0 saturated heterocycles. The molecule has 140 valence electrons. The van der Waals surface area contributed by atoms with E-state index in [0.29, 0.717) is 13.0 Å². The third-order valence-electron chi connectivity index (χ3n) is 5.01. The van der Waals surface area contributed by atoms with Gasteiger partial charge in [-0.05, 0) is 48.7 Å². The zero-order chi connectivity index (χ0) is 19.5. The lowest BCUT2D eigenvalue weighted by Gasteiger charge is -2.14. The van der Waals surface area contributed by atoms with Crippen LogP contribution in [0.3, 0.4) is 0 Å². The zero-order valence-electron chi connectivity index (χ0n) is 16.0. The topological polar surface area (TPSA) is 59.8 Å². The fourth-order valence-electron chi connectivity index (χ4n) is 3.53. The Bertz CT molecular complexity index is 1130. The van der Waals surface area contributed by atoms with Gasteiger partial charge in [-0.3, -0.25) is 14.5 Å². The van der Waals surface area contributed by atoms with E-state index in [1.807, 2.05) is 66.3 Å². The van der Waals surface area contributed by atoms with Gasteiger partial charge in [-0.2, -0.15) is 5.10 Å². The lowest BCUT2D eigenvalue weighted by molar-refractivity contribution is -0.115. The van der Waals surface area contributed by atoms with Crippen molar-refractivity contribution in [1.82, 2.24) is 14.8 Å². The molecule has 28 heavy (non-hydrogen) atoms. The summed E-state index contributed by atoms with van der Waals surface area (Å²) in [5.74, 6) is -0.0452. The first-order valence-corrected chi connectivity index (χ1v) is 9.32. The van der Waals surface area contributed by atoms with E-state index in [0.717, 1.165) is 39.0 Å². The van der Waals surface area contributed by atoms with Gasteiger partial charge in [-0.15, -0.1) is 0 Å². The van der Waals surface area contributed by atoms with Crippen LogP contribution >= 0.6 is 0 Å². The average molecular weight is 370 g/mol. The number of carbonyl (C=O) groups is 1. The van der Waals surface area contributed by atoms with Crippen LogP contribution < -0.4 is 5.32 Å². The summed E-state index contributed by atoms with van der Waals surface area (Å²) < 4.78 is 1.84. The number of fused-ring (bicyclic) bond motifs is 1. The molecule has 0 saturated carbocycles. The molecule has 0 fully saturated rings. The fraction of sp³-hybridized carbons (Fsp3) is 0.174. The highest BCUT2D eigenvalue weighted by atomic mass is 16.1. The number of amides is 1. The van der Waals surface area contributed by atoms with Crippen molar-refractivity contribution in [3.63, 3.8) is 0 Å². The molecule has 2 aromatic heterocycles. The molecule has 4 rings (SSSR count). The maximum absolute atomic E-state index is 12.8. The minimum Gasteiger partial charge on any atom is -0.325 e. The molecule has 0 bridgehead atoms. The fourth-order valence-corrected chi connectivity index (χ4v) is 3.53. The summed E-state index contributed by atoms with van der Waals surface area (Å²) >= 11 is 0. The summed E-state index contributed by atoms with van der Waals surface area (Å²) in [6.07, 6.45) is 3.96. The molecule has 2 aromatic carbocycles. The number of carbonyl (C=O) groups excluding carboxylic acids is 1. The molecule has 1 N–H and O–H groups in total. The van der Waals surface area contributed by atoms with Crippen LogP contribution in [0, 0.1) is 13.8 Å². The number of para-hydroxylation sites is 2.